The first-order valence-electron chi connectivity index (χ1n) is 8.10. The van der Waals surface area contributed by atoms with Crippen LogP contribution in [0, 0.1) is 34.6 Å². The van der Waals surface area contributed by atoms with Gasteiger partial charge in [-0.3, -0.25) is 4.90 Å². The van der Waals surface area contributed by atoms with Gasteiger partial charge in [-0.25, -0.2) is 13.1 Å². The molecule has 0 atom stereocenters. The molecule has 1 aromatic carbocycles. The predicted octanol–water partition coefficient (Wildman–Crippen LogP) is 3.39. The number of nitrogens with zero attached hydrogens (tertiary/aromatic N) is 1. The Balaban J connectivity index is 2.81. The number of halogens is 3. The highest BCUT2D eigenvalue weighted by Crippen LogP contribution is 2.29. The lowest BCUT2D eigenvalue weighted by Gasteiger charge is -2.20. The van der Waals surface area contributed by atoms with E-state index in [1.807, 2.05) is 20.8 Å². The van der Waals surface area contributed by atoms with Crippen molar-refractivity contribution in [1.82, 2.24) is 9.62 Å². The molecule has 0 amide bonds. The molecular formula is C17H27F3N2O2S. The SMILES string of the molecule is Cc1c(C)c(C)c(S(=O)(=O)NCCCN(C)CC(F)(F)F)c(C)c1C. The number of sulfonamides is 1. The molecule has 0 bridgehead atoms. The van der Waals surface area contributed by atoms with Crippen molar-refractivity contribution in [1.29, 1.82) is 0 Å². The van der Waals surface area contributed by atoms with Crippen molar-refractivity contribution in [2.75, 3.05) is 26.7 Å². The second kappa shape index (κ2) is 8.05. The number of nitrogens with one attached hydrogen (secondary N) is 1. The molecule has 0 aliphatic heterocycles. The fourth-order valence-corrected chi connectivity index (χ4v) is 4.55. The van der Waals surface area contributed by atoms with Crippen molar-refractivity contribution in [2.45, 2.75) is 52.1 Å². The summed E-state index contributed by atoms with van der Waals surface area (Å²) >= 11 is 0. The highest BCUT2D eigenvalue weighted by Gasteiger charge is 2.29. The zero-order valence-corrected chi connectivity index (χ0v) is 16.5. The summed E-state index contributed by atoms with van der Waals surface area (Å²) in [6.07, 6.45) is -3.95. The van der Waals surface area contributed by atoms with Crippen molar-refractivity contribution in [3.63, 3.8) is 0 Å². The van der Waals surface area contributed by atoms with Gasteiger partial charge in [0.2, 0.25) is 10.0 Å². The second-order valence-corrected chi connectivity index (χ2v) is 8.26. The lowest BCUT2D eigenvalue weighted by molar-refractivity contribution is -0.143. The number of hydrogen-bond acceptors (Lipinski definition) is 3. The molecule has 4 nitrogen and oxygen atoms in total. The lowest BCUT2D eigenvalue weighted by Crippen LogP contribution is -2.34. The molecule has 144 valence electrons. The Labute approximate surface area is 148 Å². The molecule has 0 aromatic heterocycles. The maximum Gasteiger partial charge on any atom is 0.401 e. The molecular weight excluding hydrogens is 353 g/mol. The van der Waals surface area contributed by atoms with Gasteiger partial charge in [0.1, 0.15) is 0 Å². The third kappa shape index (κ3) is 5.69. The van der Waals surface area contributed by atoms with E-state index in [0.29, 0.717) is 17.5 Å². The Morgan fingerprint density at radius 3 is 1.80 bits per heavy atom. The molecule has 0 unspecified atom stereocenters. The Bertz CT molecular complexity index is 699. The van der Waals surface area contributed by atoms with E-state index in [4.69, 9.17) is 0 Å². The molecule has 0 heterocycles. The Morgan fingerprint density at radius 2 is 1.36 bits per heavy atom. The van der Waals surface area contributed by atoms with E-state index in [9.17, 15) is 21.6 Å². The third-order valence-corrected chi connectivity index (χ3v) is 6.39. The van der Waals surface area contributed by atoms with Crippen LogP contribution in [0.4, 0.5) is 13.2 Å². The van der Waals surface area contributed by atoms with Gasteiger partial charge in [-0.15, -0.1) is 0 Å². The van der Waals surface area contributed by atoms with E-state index in [0.717, 1.165) is 21.6 Å². The van der Waals surface area contributed by atoms with Gasteiger partial charge in [-0.1, -0.05) is 0 Å². The molecule has 0 spiro atoms. The summed E-state index contributed by atoms with van der Waals surface area (Å²) < 4.78 is 64.6. The summed E-state index contributed by atoms with van der Waals surface area (Å²) in [4.78, 5) is 1.40. The van der Waals surface area contributed by atoms with Crippen LogP contribution in [0.15, 0.2) is 4.90 Å². The number of benzene rings is 1. The minimum Gasteiger partial charge on any atom is -0.298 e. The zero-order chi connectivity index (χ0) is 19.6. The van der Waals surface area contributed by atoms with Crippen molar-refractivity contribution in [3.8, 4) is 0 Å². The molecule has 0 aliphatic carbocycles. The van der Waals surface area contributed by atoms with E-state index >= 15 is 0 Å². The van der Waals surface area contributed by atoms with E-state index in [-0.39, 0.29) is 18.0 Å². The summed E-state index contributed by atoms with van der Waals surface area (Å²) in [5, 5.41) is 0. The van der Waals surface area contributed by atoms with Gasteiger partial charge in [0.25, 0.3) is 0 Å². The largest absolute Gasteiger partial charge is 0.401 e. The summed E-state index contributed by atoms with van der Waals surface area (Å²) in [7, 11) is -2.34. The fourth-order valence-electron chi connectivity index (χ4n) is 2.88. The van der Waals surface area contributed by atoms with Crippen LogP contribution in [-0.2, 0) is 10.0 Å². The van der Waals surface area contributed by atoms with Gasteiger partial charge in [0.05, 0.1) is 11.4 Å². The molecule has 0 saturated carbocycles. The molecule has 0 radical (unpaired) electrons. The maximum absolute atomic E-state index is 12.7. The van der Waals surface area contributed by atoms with E-state index in [1.54, 1.807) is 13.8 Å². The van der Waals surface area contributed by atoms with Gasteiger partial charge in [0.15, 0.2) is 0 Å². The normalized spacial score (nSPS) is 12.9. The molecule has 1 rings (SSSR count). The fraction of sp³-hybridized carbons (Fsp3) is 0.647. The summed E-state index contributed by atoms with van der Waals surface area (Å²) in [6.45, 7) is 8.55. The van der Waals surface area contributed by atoms with Crippen molar-refractivity contribution >= 4 is 10.0 Å². The number of hydrogen-bond donors (Lipinski definition) is 1. The quantitative estimate of drug-likeness (QED) is 0.738. The van der Waals surface area contributed by atoms with E-state index in [1.165, 1.54) is 7.05 Å². The molecule has 1 aromatic rings. The first-order chi connectivity index (χ1) is 11.3. The minimum absolute atomic E-state index is 0.0926. The Morgan fingerprint density at radius 1 is 0.920 bits per heavy atom. The third-order valence-electron chi connectivity index (χ3n) is 4.66. The number of rotatable bonds is 7. The maximum atomic E-state index is 12.7. The Hall–Kier alpha value is -1.12. The monoisotopic (exact) mass is 380 g/mol. The summed E-state index contributed by atoms with van der Waals surface area (Å²) in [5.74, 6) is 0. The van der Waals surface area contributed by atoms with Crippen LogP contribution in [0.1, 0.15) is 34.2 Å². The predicted molar refractivity (Wildman–Crippen MR) is 93.5 cm³/mol. The number of alkyl halides is 3. The highest BCUT2D eigenvalue weighted by atomic mass is 32.2. The first-order valence-corrected chi connectivity index (χ1v) is 9.58. The van der Waals surface area contributed by atoms with Gasteiger partial charge in [-0.05, 0) is 82.4 Å². The van der Waals surface area contributed by atoms with Crippen molar-refractivity contribution in [3.05, 3.63) is 27.8 Å². The van der Waals surface area contributed by atoms with Crippen LogP contribution in [-0.4, -0.2) is 46.2 Å². The molecule has 0 aliphatic rings. The summed E-state index contributed by atoms with van der Waals surface area (Å²) in [6, 6.07) is 0. The van der Waals surface area contributed by atoms with E-state index in [2.05, 4.69) is 4.72 Å². The zero-order valence-electron chi connectivity index (χ0n) is 15.6. The van der Waals surface area contributed by atoms with E-state index < -0.39 is 22.7 Å². The lowest BCUT2D eigenvalue weighted by atomic mass is 9.95. The van der Waals surface area contributed by atoms with Crippen LogP contribution in [0.2, 0.25) is 0 Å². The Kier molecular flexibility index (Phi) is 7.06. The van der Waals surface area contributed by atoms with Crippen LogP contribution in [0.25, 0.3) is 0 Å². The average Bonchev–Trinajstić information content (AvgIpc) is 2.46. The van der Waals surface area contributed by atoms with Crippen LogP contribution in [0.3, 0.4) is 0 Å². The standard InChI is InChI=1S/C17H27F3N2O2S/c1-11-12(2)14(4)16(15(5)13(11)3)25(23,24)21-8-7-9-22(6)10-17(18,19)20/h21H,7-10H2,1-6H3. The van der Waals surface area contributed by atoms with Crippen LogP contribution >= 0.6 is 0 Å². The van der Waals surface area contributed by atoms with Gasteiger partial charge in [0, 0.05) is 6.54 Å². The first kappa shape index (κ1) is 21.9. The van der Waals surface area contributed by atoms with Crippen molar-refractivity contribution in [2.24, 2.45) is 0 Å². The molecule has 0 fully saturated rings. The average molecular weight is 380 g/mol. The van der Waals surface area contributed by atoms with Gasteiger partial charge in [-0.2, -0.15) is 13.2 Å². The minimum atomic E-state index is -4.25. The smallest absolute Gasteiger partial charge is 0.298 e. The van der Waals surface area contributed by atoms with Crippen molar-refractivity contribution < 1.29 is 21.6 Å². The van der Waals surface area contributed by atoms with Crippen LogP contribution in [0.5, 0.6) is 0 Å². The van der Waals surface area contributed by atoms with Crippen LogP contribution < -0.4 is 4.72 Å². The van der Waals surface area contributed by atoms with Gasteiger partial charge >= 0.3 is 6.18 Å². The topological polar surface area (TPSA) is 49.4 Å². The molecule has 8 heteroatoms. The molecule has 0 saturated heterocycles. The van der Waals surface area contributed by atoms with Gasteiger partial charge < -0.3 is 0 Å². The second-order valence-electron chi connectivity index (χ2n) is 6.56. The molecule has 25 heavy (non-hydrogen) atoms. The highest BCUT2D eigenvalue weighted by molar-refractivity contribution is 7.89. The summed E-state index contributed by atoms with van der Waals surface area (Å²) in [5.41, 5.74) is 4.37. The molecule has 1 N–H and O–H groups in total.